The molecule has 0 spiro atoms. The van der Waals surface area contributed by atoms with Gasteiger partial charge in [0, 0.05) is 13.6 Å². The zero-order valence-electron chi connectivity index (χ0n) is 11.1. The summed E-state index contributed by atoms with van der Waals surface area (Å²) in [5.74, 6) is -0.876. The molecule has 0 saturated carbocycles. The fourth-order valence-corrected chi connectivity index (χ4v) is 4.01. The number of rotatable bonds is 5. The monoisotopic (exact) mass is 292 g/mol. The highest BCUT2D eigenvalue weighted by atomic mass is 32.2. The first-order valence-electron chi connectivity index (χ1n) is 6.20. The van der Waals surface area contributed by atoms with E-state index in [0.717, 1.165) is 4.90 Å². The summed E-state index contributed by atoms with van der Waals surface area (Å²) >= 11 is 0. The first-order valence-corrected chi connectivity index (χ1v) is 8.03. The minimum Gasteiger partial charge on any atom is -0.480 e. The first-order chi connectivity index (χ1) is 8.76. The van der Waals surface area contributed by atoms with Crippen LogP contribution in [0.3, 0.4) is 0 Å². The molecule has 0 aromatic heterocycles. The summed E-state index contributed by atoms with van der Waals surface area (Å²) in [7, 11) is -1.54. The molecular formula is C11H20N2O5S. The van der Waals surface area contributed by atoms with E-state index in [1.807, 2.05) is 0 Å². The van der Waals surface area contributed by atoms with Gasteiger partial charge >= 0.3 is 12.0 Å². The van der Waals surface area contributed by atoms with Crippen LogP contribution in [0.25, 0.3) is 0 Å². The molecule has 0 aromatic rings. The van der Waals surface area contributed by atoms with Crippen LogP contribution < -0.4 is 5.32 Å². The number of likely N-dealkylation sites (N-methyl/N-ethyl adjacent to an activating group) is 1. The average molecular weight is 292 g/mol. The molecule has 19 heavy (non-hydrogen) atoms. The highest BCUT2D eigenvalue weighted by Gasteiger charge is 2.29. The molecule has 1 aliphatic rings. The van der Waals surface area contributed by atoms with Gasteiger partial charge in [0.15, 0.2) is 9.84 Å². The Balaban J connectivity index is 2.45. The van der Waals surface area contributed by atoms with Crippen LogP contribution in [-0.2, 0) is 14.6 Å². The number of aliphatic carboxylic acids is 1. The van der Waals surface area contributed by atoms with Crippen molar-refractivity contribution in [2.75, 3.05) is 25.1 Å². The SMILES string of the molecule is CCC(C(=O)O)N(C)C(=O)NCC1CCS(=O)(=O)C1. The Morgan fingerprint density at radius 2 is 2.11 bits per heavy atom. The smallest absolute Gasteiger partial charge is 0.326 e. The highest BCUT2D eigenvalue weighted by molar-refractivity contribution is 7.91. The second-order valence-corrected chi connectivity index (χ2v) is 7.06. The normalized spacial score (nSPS) is 22.7. The fourth-order valence-electron chi connectivity index (χ4n) is 2.15. The molecule has 2 N–H and O–H groups in total. The molecule has 0 aliphatic carbocycles. The van der Waals surface area contributed by atoms with Gasteiger partial charge in [-0.25, -0.2) is 18.0 Å². The summed E-state index contributed by atoms with van der Waals surface area (Å²) in [6.45, 7) is 1.95. The number of urea groups is 1. The summed E-state index contributed by atoms with van der Waals surface area (Å²) < 4.78 is 22.5. The van der Waals surface area contributed by atoms with E-state index < -0.39 is 27.9 Å². The van der Waals surface area contributed by atoms with Gasteiger partial charge in [0.25, 0.3) is 0 Å². The van der Waals surface area contributed by atoms with Gasteiger partial charge in [0.05, 0.1) is 11.5 Å². The molecule has 110 valence electrons. The van der Waals surface area contributed by atoms with E-state index in [1.165, 1.54) is 7.05 Å². The van der Waals surface area contributed by atoms with Crippen LogP contribution in [0.1, 0.15) is 19.8 Å². The van der Waals surface area contributed by atoms with Gasteiger partial charge in [-0.15, -0.1) is 0 Å². The number of carbonyl (C=O) groups is 2. The van der Waals surface area contributed by atoms with Gasteiger partial charge < -0.3 is 15.3 Å². The Bertz CT molecular complexity index is 448. The third kappa shape index (κ3) is 4.38. The third-order valence-corrected chi connectivity index (χ3v) is 5.17. The number of nitrogens with zero attached hydrogens (tertiary/aromatic N) is 1. The van der Waals surface area contributed by atoms with Crippen LogP contribution >= 0.6 is 0 Å². The largest absolute Gasteiger partial charge is 0.480 e. The van der Waals surface area contributed by atoms with Crippen molar-refractivity contribution in [3.05, 3.63) is 0 Å². The molecule has 2 amide bonds. The van der Waals surface area contributed by atoms with Crippen molar-refractivity contribution in [2.24, 2.45) is 5.92 Å². The van der Waals surface area contributed by atoms with Crippen molar-refractivity contribution < 1.29 is 23.1 Å². The van der Waals surface area contributed by atoms with Gasteiger partial charge in [0.2, 0.25) is 0 Å². The fraction of sp³-hybridized carbons (Fsp3) is 0.818. The standard InChI is InChI=1S/C11H20N2O5S/c1-3-9(10(14)15)13(2)11(16)12-6-8-4-5-19(17,18)7-8/h8-9H,3-7H2,1-2H3,(H,12,16)(H,14,15). The Labute approximate surface area is 112 Å². The topological polar surface area (TPSA) is 104 Å². The Hall–Kier alpha value is -1.31. The van der Waals surface area contributed by atoms with Gasteiger partial charge in [0.1, 0.15) is 6.04 Å². The lowest BCUT2D eigenvalue weighted by atomic mass is 10.1. The summed E-state index contributed by atoms with van der Waals surface area (Å²) in [5.41, 5.74) is 0. The summed E-state index contributed by atoms with van der Waals surface area (Å²) in [5, 5.41) is 11.5. The molecule has 1 saturated heterocycles. The molecule has 1 aliphatic heterocycles. The van der Waals surface area contributed by atoms with Gasteiger partial charge in [-0.3, -0.25) is 0 Å². The van der Waals surface area contributed by atoms with Gasteiger partial charge in [-0.2, -0.15) is 0 Å². The Morgan fingerprint density at radius 1 is 1.47 bits per heavy atom. The predicted molar refractivity (Wildman–Crippen MR) is 69.6 cm³/mol. The number of nitrogens with one attached hydrogen (secondary N) is 1. The average Bonchev–Trinajstić information content (AvgIpc) is 2.66. The molecule has 1 heterocycles. The maximum absolute atomic E-state index is 11.8. The lowest BCUT2D eigenvalue weighted by molar-refractivity contribution is -0.141. The van der Waals surface area contributed by atoms with E-state index in [4.69, 9.17) is 5.11 Å². The number of sulfone groups is 1. The zero-order valence-corrected chi connectivity index (χ0v) is 11.9. The summed E-state index contributed by atoms with van der Waals surface area (Å²) in [6, 6.07) is -1.36. The van der Waals surface area contributed by atoms with Crippen LogP contribution in [-0.4, -0.2) is 61.6 Å². The van der Waals surface area contributed by atoms with Gasteiger partial charge in [-0.1, -0.05) is 6.92 Å². The second-order valence-electron chi connectivity index (χ2n) is 4.83. The molecule has 1 rings (SSSR count). The molecule has 2 atom stereocenters. The quantitative estimate of drug-likeness (QED) is 0.738. The van der Waals surface area contributed by atoms with Crippen molar-refractivity contribution in [2.45, 2.75) is 25.8 Å². The van der Waals surface area contributed by atoms with Crippen molar-refractivity contribution in [1.29, 1.82) is 0 Å². The minimum absolute atomic E-state index is 0.0766. The van der Waals surface area contributed by atoms with E-state index >= 15 is 0 Å². The van der Waals surface area contributed by atoms with Crippen molar-refractivity contribution in [3.63, 3.8) is 0 Å². The molecule has 0 aromatic carbocycles. The first kappa shape index (κ1) is 15.7. The van der Waals surface area contributed by atoms with E-state index in [1.54, 1.807) is 6.92 Å². The lowest BCUT2D eigenvalue weighted by Gasteiger charge is -2.24. The van der Waals surface area contributed by atoms with Crippen LogP contribution in [0.2, 0.25) is 0 Å². The van der Waals surface area contributed by atoms with Crippen molar-refractivity contribution >= 4 is 21.8 Å². The Kier molecular flexibility index (Phi) is 5.16. The molecule has 8 heteroatoms. The molecule has 1 fully saturated rings. The summed E-state index contributed by atoms with van der Waals surface area (Å²) in [4.78, 5) is 23.8. The molecule has 0 radical (unpaired) electrons. The zero-order chi connectivity index (χ0) is 14.6. The van der Waals surface area contributed by atoms with E-state index in [0.29, 0.717) is 12.8 Å². The van der Waals surface area contributed by atoms with Crippen LogP contribution in [0.15, 0.2) is 0 Å². The van der Waals surface area contributed by atoms with E-state index in [9.17, 15) is 18.0 Å². The maximum atomic E-state index is 11.8. The predicted octanol–water partition coefficient (Wildman–Crippen LogP) is -0.0743. The van der Waals surface area contributed by atoms with E-state index in [-0.39, 0.29) is 24.0 Å². The number of hydrogen-bond acceptors (Lipinski definition) is 4. The van der Waals surface area contributed by atoms with Gasteiger partial charge in [-0.05, 0) is 18.8 Å². The highest BCUT2D eigenvalue weighted by Crippen LogP contribution is 2.17. The molecular weight excluding hydrogens is 272 g/mol. The number of carbonyl (C=O) groups excluding carboxylic acids is 1. The van der Waals surface area contributed by atoms with Crippen LogP contribution in [0.5, 0.6) is 0 Å². The lowest BCUT2D eigenvalue weighted by Crippen LogP contribution is -2.48. The van der Waals surface area contributed by atoms with Crippen molar-refractivity contribution in [1.82, 2.24) is 10.2 Å². The number of hydrogen-bond donors (Lipinski definition) is 2. The second kappa shape index (κ2) is 6.23. The summed E-state index contributed by atoms with van der Waals surface area (Å²) in [6.07, 6.45) is 0.861. The van der Waals surface area contributed by atoms with E-state index in [2.05, 4.69) is 5.32 Å². The third-order valence-electron chi connectivity index (χ3n) is 3.33. The minimum atomic E-state index is -2.96. The molecule has 0 bridgehead atoms. The molecule has 2 unspecified atom stereocenters. The Morgan fingerprint density at radius 3 is 2.53 bits per heavy atom. The van der Waals surface area contributed by atoms with Crippen LogP contribution in [0, 0.1) is 5.92 Å². The van der Waals surface area contributed by atoms with Crippen molar-refractivity contribution in [3.8, 4) is 0 Å². The number of carboxylic acids is 1. The van der Waals surface area contributed by atoms with Crippen LogP contribution in [0.4, 0.5) is 4.79 Å². The number of amides is 2. The molecule has 7 nitrogen and oxygen atoms in total. The number of carboxylic acid groups (broad SMARTS) is 1. The maximum Gasteiger partial charge on any atom is 0.326 e.